The molecule has 1 aliphatic heterocycles. The smallest absolute Gasteiger partial charge is 0.179 e. The number of nitrogens with one attached hydrogen (secondary N) is 1. The molecule has 0 radical (unpaired) electrons. The molecule has 0 atom stereocenters. The van der Waals surface area contributed by atoms with Crippen molar-refractivity contribution in [2.24, 2.45) is 4.99 Å². The third-order valence-corrected chi connectivity index (χ3v) is 4.94. The Morgan fingerprint density at radius 1 is 0.966 bits per heavy atom. The molecule has 0 saturated carbocycles. The maximum atomic E-state index is 9.95. The fraction of sp³-hybridized carbons (Fsp3) is 0.208. The van der Waals surface area contributed by atoms with E-state index in [1.807, 2.05) is 62.4 Å². The van der Waals surface area contributed by atoms with Crippen LogP contribution in [-0.2, 0) is 0 Å². The van der Waals surface area contributed by atoms with Gasteiger partial charge in [-0.1, -0.05) is 24.3 Å². The quantitative estimate of drug-likeness (QED) is 0.346. The Bertz CT molecular complexity index is 1190. The van der Waals surface area contributed by atoms with Crippen LogP contribution in [0.5, 0.6) is 0 Å². The molecule has 0 aromatic heterocycles. The topological polar surface area (TPSA) is 78.0 Å². The molecular weight excluding hydrogens is 364 g/mol. The predicted octanol–water partition coefficient (Wildman–Crippen LogP) is 4.54. The van der Waals surface area contributed by atoms with Crippen LogP contribution in [0.15, 0.2) is 70.1 Å². The highest BCUT2D eigenvalue weighted by Gasteiger charge is 2.20. The number of nitrogens with zero attached hydrogens (tertiary/aromatic N) is 1. The minimum absolute atomic E-state index is 0.458. The molecule has 1 heterocycles. The fourth-order valence-corrected chi connectivity index (χ4v) is 3.71. The molecule has 2 aromatic carbocycles. The van der Waals surface area contributed by atoms with E-state index in [0.29, 0.717) is 17.9 Å². The first kappa shape index (κ1) is 19.2. The lowest BCUT2D eigenvalue weighted by molar-refractivity contribution is -0.0420. The first-order valence-corrected chi connectivity index (χ1v) is 9.82. The minimum atomic E-state index is -1.57. The molecular formula is C24H24N2O3. The van der Waals surface area contributed by atoms with E-state index in [4.69, 9.17) is 4.42 Å². The second kappa shape index (κ2) is 8.07. The van der Waals surface area contributed by atoms with Crippen molar-refractivity contribution < 1.29 is 14.6 Å². The van der Waals surface area contributed by atoms with Gasteiger partial charge >= 0.3 is 0 Å². The molecule has 0 unspecified atom stereocenters. The summed E-state index contributed by atoms with van der Waals surface area (Å²) in [6.45, 7) is 5.54. The molecule has 0 fully saturated rings. The summed E-state index contributed by atoms with van der Waals surface area (Å²) in [5.74, 6) is 0.707. The van der Waals surface area contributed by atoms with Crippen LogP contribution >= 0.6 is 0 Å². The maximum absolute atomic E-state index is 9.95. The molecule has 4 rings (SSSR count). The summed E-state index contributed by atoms with van der Waals surface area (Å²) in [7, 11) is 0. The molecule has 2 aliphatic rings. The Balaban J connectivity index is 2.11. The van der Waals surface area contributed by atoms with Gasteiger partial charge in [-0.15, -0.1) is 0 Å². The Labute approximate surface area is 169 Å². The van der Waals surface area contributed by atoms with Crippen molar-refractivity contribution in [2.75, 3.05) is 18.4 Å². The minimum Gasteiger partial charge on any atom is -0.456 e. The Morgan fingerprint density at radius 2 is 1.79 bits per heavy atom. The molecule has 3 N–H and O–H groups in total. The van der Waals surface area contributed by atoms with Crippen LogP contribution in [0.3, 0.4) is 0 Å². The lowest BCUT2D eigenvalue weighted by Crippen LogP contribution is -2.05. The van der Waals surface area contributed by atoms with Gasteiger partial charge in [-0.2, -0.15) is 0 Å². The first-order chi connectivity index (χ1) is 14.1. The summed E-state index contributed by atoms with van der Waals surface area (Å²) in [6.07, 6.45) is -1.57. The molecule has 0 amide bonds. The highest BCUT2D eigenvalue weighted by Crippen LogP contribution is 2.42. The van der Waals surface area contributed by atoms with Gasteiger partial charge in [-0.05, 0) is 43.7 Å². The van der Waals surface area contributed by atoms with E-state index in [9.17, 15) is 10.2 Å². The number of aliphatic hydroxyl groups is 2. The highest BCUT2D eigenvalue weighted by atomic mass is 16.5. The number of benzene rings is 3. The Morgan fingerprint density at radius 3 is 2.55 bits per heavy atom. The molecule has 5 heteroatoms. The Kier molecular flexibility index (Phi) is 5.34. The van der Waals surface area contributed by atoms with Gasteiger partial charge in [-0.3, -0.25) is 4.99 Å². The van der Waals surface area contributed by atoms with Gasteiger partial charge in [0.15, 0.2) is 6.29 Å². The zero-order valence-corrected chi connectivity index (χ0v) is 16.5. The van der Waals surface area contributed by atoms with E-state index in [-0.39, 0.29) is 0 Å². The fourth-order valence-electron chi connectivity index (χ4n) is 3.71. The van der Waals surface area contributed by atoms with Crippen molar-refractivity contribution in [3.63, 3.8) is 0 Å². The van der Waals surface area contributed by atoms with Crippen molar-refractivity contribution in [2.45, 2.75) is 20.1 Å². The van der Waals surface area contributed by atoms with E-state index < -0.39 is 6.29 Å². The van der Waals surface area contributed by atoms with Crippen LogP contribution in [0.25, 0.3) is 33.4 Å². The largest absolute Gasteiger partial charge is 0.456 e. The average molecular weight is 388 g/mol. The van der Waals surface area contributed by atoms with Gasteiger partial charge in [0.2, 0.25) is 0 Å². The van der Waals surface area contributed by atoms with Crippen molar-refractivity contribution in [1.29, 1.82) is 0 Å². The number of hydrogen-bond acceptors (Lipinski definition) is 5. The lowest BCUT2D eigenvalue weighted by atomic mass is 9.90. The average Bonchev–Trinajstić information content (AvgIpc) is 2.72. The number of rotatable bonds is 5. The molecule has 2 aromatic rings. The zero-order chi connectivity index (χ0) is 20.4. The normalized spacial score (nSPS) is 12.2. The van der Waals surface area contributed by atoms with Gasteiger partial charge < -0.3 is 19.9 Å². The van der Waals surface area contributed by atoms with E-state index in [1.54, 1.807) is 12.1 Å². The van der Waals surface area contributed by atoms with Crippen LogP contribution in [-0.4, -0.2) is 23.3 Å². The third-order valence-electron chi connectivity index (χ3n) is 4.94. The predicted molar refractivity (Wildman–Crippen MR) is 116 cm³/mol. The lowest BCUT2D eigenvalue weighted by Gasteiger charge is -2.19. The monoisotopic (exact) mass is 388 g/mol. The van der Waals surface area contributed by atoms with Gasteiger partial charge in [-0.25, -0.2) is 0 Å². The molecule has 29 heavy (non-hydrogen) atoms. The van der Waals surface area contributed by atoms with Crippen LogP contribution < -0.4 is 10.7 Å². The second-order valence-corrected chi connectivity index (χ2v) is 6.83. The number of fused-ring (bicyclic) bond motifs is 2. The first-order valence-electron chi connectivity index (χ1n) is 9.82. The number of hydrogen-bond donors (Lipinski definition) is 3. The second-order valence-electron chi connectivity index (χ2n) is 6.83. The van der Waals surface area contributed by atoms with Crippen molar-refractivity contribution in [3.8, 4) is 22.5 Å². The van der Waals surface area contributed by atoms with Gasteiger partial charge in [0, 0.05) is 53.0 Å². The van der Waals surface area contributed by atoms with Crippen LogP contribution in [0, 0.1) is 0 Å². The summed E-state index contributed by atoms with van der Waals surface area (Å²) in [5, 5.41) is 25.0. The van der Waals surface area contributed by atoms with E-state index in [0.717, 1.165) is 45.2 Å². The Hall–Kier alpha value is -3.15. The third kappa shape index (κ3) is 3.62. The molecule has 0 spiro atoms. The van der Waals surface area contributed by atoms with Crippen LogP contribution in [0.2, 0.25) is 0 Å². The van der Waals surface area contributed by atoms with Crippen LogP contribution in [0.4, 0.5) is 5.69 Å². The van der Waals surface area contributed by atoms with Crippen molar-refractivity contribution in [3.05, 3.63) is 71.6 Å². The molecule has 1 aliphatic carbocycles. The SMILES string of the molecule is CCN=c1ccc2c(-c3ccccc3C(O)O)c3ccc(NCC)cc3oc-2c1. The van der Waals surface area contributed by atoms with Crippen molar-refractivity contribution >= 4 is 16.7 Å². The van der Waals surface area contributed by atoms with Crippen LogP contribution in [0.1, 0.15) is 25.7 Å². The zero-order valence-electron chi connectivity index (χ0n) is 16.5. The molecule has 148 valence electrons. The van der Waals surface area contributed by atoms with Crippen molar-refractivity contribution in [1.82, 2.24) is 0 Å². The number of aliphatic hydroxyl groups excluding tert-OH is 1. The summed E-state index contributed by atoms with van der Waals surface area (Å²) in [4.78, 5) is 4.48. The maximum Gasteiger partial charge on any atom is 0.179 e. The number of anilines is 1. The van der Waals surface area contributed by atoms with Gasteiger partial charge in [0.25, 0.3) is 0 Å². The van der Waals surface area contributed by atoms with Gasteiger partial charge in [0.05, 0.1) is 5.36 Å². The van der Waals surface area contributed by atoms with E-state index in [2.05, 4.69) is 10.3 Å². The summed E-state index contributed by atoms with van der Waals surface area (Å²) < 4.78 is 6.26. The van der Waals surface area contributed by atoms with Gasteiger partial charge in [0.1, 0.15) is 11.3 Å². The summed E-state index contributed by atoms with van der Waals surface area (Å²) >= 11 is 0. The van der Waals surface area contributed by atoms with E-state index in [1.165, 1.54) is 0 Å². The summed E-state index contributed by atoms with van der Waals surface area (Å²) in [5.41, 5.74) is 4.73. The molecule has 0 saturated heterocycles. The summed E-state index contributed by atoms with van der Waals surface area (Å²) in [6, 6.07) is 19.2. The van der Waals surface area contributed by atoms with E-state index >= 15 is 0 Å². The molecule has 0 bridgehead atoms. The highest BCUT2D eigenvalue weighted by molar-refractivity contribution is 6.03. The molecule has 5 nitrogen and oxygen atoms in total. The standard InChI is InChI=1S/C24H24N2O3/c1-3-25-15-9-11-19-21(13-15)29-22-14-16(26-4-2)10-12-20(22)23(19)17-7-5-6-8-18(17)24(27)28/h5-14,24-25,27-28H,3-4H2,1-2H3.